The molecule has 6 nitrogen and oxygen atoms in total. The maximum absolute atomic E-state index is 12.4. The Balaban J connectivity index is 1.68. The number of amides is 1. The standard InChI is InChI=1S/C20H27N3O3/c1-13-10-16(23(22-13)19(2,3)4)21-17(24)12-25-15-9-7-8-14-11-20(5,6)26-18(14)15/h7-10H,11-12H2,1-6H3,(H,21,24). The van der Waals surface area contributed by atoms with Gasteiger partial charge in [-0.1, -0.05) is 12.1 Å². The molecule has 2 aromatic rings. The van der Waals surface area contributed by atoms with Gasteiger partial charge in [0.2, 0.25) is 0 Å². The van der Waals surface area contributed by atoms with Crippen LogP contribution in [-0.2, 0) is 16.8 Å². The van der Waals surface area contributed by atoms with Gasteiger partial charge in [0.1, 0.15) is 11.4 Å². The number of hydrogen-bond donors (Lipinski definition) is 1. The van der Waals surface area contributed by atoms with Crippen molar-refractivity contribution in [1.82, 2.24) is 9.78 Å². The highest BCUT2D eigenvalue weighted by Crippen LogP contribution is 2.41. The lowest BCUT2D eigenvalue weighted by atomic mass is 10.0. The van der Waals surface area contributed by atoms with Crippen molar-refractivity contribution >= 4 is 11.7 Å². The fourth-order valence-electron chi connectivity index (χ4n) is 3.12. The minimum Gasteiger partial charge on any atom is -0.483 e. The second-order valence-electron chi connectivity index (χ2n) is 8.37. The predicted molar refractivity (Wildman–Crippen MR) is 101 cm³/mol. The summed E-state index contributed by atoms with van der Waals surface area (Å²) in [5.41, 5.74) is 1.49. The van der Waals surface area contributed by atoms with Crippen LogP contribution in [0, 0.1) is 6.92 Å². The summed E-state index contributed by atoms with van der Waals surface area (Å²) in [7, 11) is 0. The van der Waals surface area contributed by atoms with E-state index in [0.29, 0.717) is 11.6 Å². The fraction of sp³-hybridized carbons (Fsp3) is 0.500. The second kappa shape index (κ2) is 6.34. The van der Waals surface area contributed by atoms with Crippen LogP contribution in [0.15, 0.2) is 24.3 Å². The van der Waals surface area contributed by atoms with Gasteiger partial charge in [-0.25, -0.2) is 4.68 Å². The Kier molecular flexibility index (Phi) is 4.46. The van der Waals surface area contributed by atoms with Gasteiger partial charge in [0.15, 0.2) is 18.1 Å². The van der Waals surface area contributed by atoms with Gasteiger partial charge >= 0.3 is 0 Å². The van der Waals surface area contributed by atoms with Crippen molar-refractivity contribution in [2.24, 2.45) is 0 Å². The van der Waals surface area contributed by atoms with Gasteiger partial charge in [0.05, 0.1) is 11.2 Å². The highest BCUT2D eigenvalue weighted by atomic mass is 16.5. The zero-order valence-corrected chi connectivity index (χ0v) is 16.3. The van der Waals surface area contributed by atoms with E-state index in [1.54, 1.807) is 0 Å². The van der Waals surface area contributed by atoms with E-state index in [-0.39, 0.29) is 23.7 Å². The number of aryl methyl sites for hydroxylation is 1. The molecule has 6 heteroatoms. The summed E-state index contributed by atoms with van der Waals surface area (Å²) in [5.74, 6) is 1.77. The van der Waals surface area contributed by atoms with Gasteiger partial charge in [0, 0.05) is 18.1 Å². The molecule has 0 atom stereocenters. The van der Waals surface area contributed by atoms with E-state index in [1.807, 2.05) is 70.5 Å². The van der Waals surface area contributed by atoms with E-state index in [4.69, 9.17) is 9.47 Å². The van der Waals surface area contributed by atoms with Crippen molar-refractivity contribution in [3.63, 3.8) is 0 Å². The van der Waals surface area contributed by atoms with Crippen LogP contribution in [0.2, 0.25) is 0 Å². The van der Waals surface area contributed by atoms with Gasteiger partial charge in [-0.05, 0) is 47.6 Å². The molecule has 1 aromatic carbocycles. The largest absolute Gasteiger partial charge is 0.483 e. The van der Waals surface area contributed by atoms with Crippen molar-refractivity contribution in [2.75, 3.05) is 11.9 Å². The van der Waals surface area contributed by atoms with E-state index >= 15 is 0 Å². The average Bonchev–Trinajstić information content (AvgIpc) is 3.02. The molecule has 0 fully saturated rings. The first-order valence-electron chi connectivity index (χ1n) is 8.86. The molecule has 0 radical (unpaired) electrons. The highest BCUT2D eigenvalue weighted by Gasteiger charge is 2.32. The predicted octanol–water partition coefficient (Wildman–Crippen LogP) is 3.68. The summed E-state index contributed by atoms with van der Waals surface area (Å²) in [4.78, 5) is 12.4. The molecule has 0 unspecified atom stereocenters. The topological polar surface area (TPSA) is 65.4 Å². The fourth-order valence-corrected chi connectivity index (χ4v) is 3.12. The number of carbonyl (C=O) groups excluding carboxylic acids is 1. The summed E-state index contributed by atoms with van der Waals surface area (Å²) < 4.78 is 13.5. The zero-order chi connectivity index (χ0) is 19.1. The number of ether oxygens (including phenoxy) is 2. The number of hydrogen-bond acceptors (Lipinski definition) is 4. The first-order chi connectivity index (χ1) is 12.0. The average molecular weight is 357 g/mol. The molecule has 1 amide bonds. The third kappa shape index (κ3) is 3.84. The number of anilines is 1. The Morgan fingerprint density at radius 2 is 2.12 bits per heavy atom. The SMILES string of the molecule is Cc1cc(NC(=O)COc2cccc3c2OC(C)(C)C3)n(C(C)(C)C)n1. The molecule has 0 bridgehead atoms. The molecule has 1 aliphatic heterocycles. The van der Waals surface area contributed by atoms with Crippen LogP contribution in [0.3, 0.4) is 0 Å². The van der Waals surface area contributed by atoms with E-state index in [2.05, 4.69) is 10.4 Å². The minimum absolute atomic E-state index is 0.0887. The first kappa shape index (κ1) is 18.3. The molecule has 2 heterocycles. The number of aromatic nitrogens is 2. The zero-order valence-electron chi connectivity index (χ0n) is 16.3. The second-order valence-corrected chi connectivity index (χ2v) is 8.37. The lowest BCUT2D eigenvalue weighted by molar-refractivity contribution is -0.118. The monoisotopic (exact) mass is 357 g/mol. The summed E-state index contributed by atoms with van der Waals surface area (Å²) in [5, 5.41) is 7.35. The molecule has 0 saturated heterocycles. The molecular weight excluding hydrogens is 330 g/mol. The van der Waals surface area contributed by atoms with E-state index < -0.39 is 0 Å². The lowest BCUT2D eigenvalue weighted by Crippen LogP contribution is -2.28. The summed E-state index contributed by atoms with van der Waals surface area (Å²) in [6.45, 7) is 12.0. The molecule has 26 heavy (non-hydrogen) atoms. The van der Waals surface area contributed by atoms with Crippen LogP contribution >= 0.6 is 0 Å². The third-order valence-electron chi connectivity index (χ3n) is 4.15. The Morgan fingerprint density at radius 3 is 2.81 bits per heavy atom. The van der Waals surface area contributed by atoms with E-state index in [0.717, 1.165) is 23.4 Å². The Morgan fingerprint density at radius 1 is 1.38 bits per heavy atom. The maximum Gasteiger partial charge on any atom is 0.263 e. The van der Waals surface area contributed by atoms with Gasteiger partial charge in [-0.15, -0.1) is 0 Å². The lowest BCUT2D eigenvalue weighted by Gasteiger charge is -2.22. The van der Waals surface area contributed by atoms with Crippen LogP contribution < -0.4 is 14.8 Å². The van der Waals surface area contributed by atoms with Gasteiger partial charge in [-0.2, -0.15) is 5.10 Å². The van der Waals surface area contributed by atoms with Crippen molar-refractivity contribution in [2.45, 2.75) is 59.1 Å². The molecule has 0 spiro atoms. The molecule has 0 saturated carbocycles. The molecule has 1 aliphatic rings. The molecule has 140 valence electrons. The van der Waals surface area contributed by atoms with E-state index in [1.165, 1.54) is 0 Å². The molecule has 3 rings (SSSR count). The minimum atomic E-state index is -0.249. The van der Waals surface area contributed by atoms with Crippen LogP contribution in [-0.4, -0.2) is 27.9 Å². The van der Waals surface area contributed by atoms with Gasteiger partial charge < -0.3 is 14.8 Å². The van der Waals surface area contributed by atoms with Crippen molar-refractivity contribution < 1.29 is 14.3 Å². The number of nitrogens with one attached hydrogen (secondary N) is 1. The normalized spacial score (nSPS) is 15.3. The number of nitrogens with zero attached hydrogens (tertiary/aromatic N) is 2. The number of benzene rings is 1. The smallest absolute Gasteiger partial charge is 0.263 e. The number of rotatable bonds is 4. The Hall–Kier alpha value is -2.50. The number of carbonyl (C=O) groups is 1. The van der Waals surface area contributed by atoms with Crippen LogP contribution in [0.5, 0.6) is 11.5 Å². The first-order valence-corrected chi connectivity index (χ1v) is 8.86. The summed E-state index contributed by atoms with van der Waals surface area (Å²) >= 11 is 0. The van der Waals surface area contributed by atoms with Gasteiger partial charge in [0.25, 0.3) is 5.91 Å². The highest BCUT2D eigenvalue weighted by molar-refractivity contribution is 5.91. The molecule has 0 aliphatic carbocycles. The Bertz CT molecular complexity index is 831. The van der Waals surface area contributed by atoms with Crippen LogP contribution in [0.4, 0.5) is 5.82 Å². The third-order valence-corrected chi connectivity index (χ3v) is 4.15. The molecule has 1 N–H and O–H groups in total. The van der Waals surface area contributed by atoms with Crippen molar-refractivity contribution in [3.05, 3.63) is 35.5 Å². The molecular formula is C20H27N3O3. The maximum atomic E-state index is 12.4. The summed E-state index contributed by atoms with van der Waals surface area (Å²) in [6, 6.07) is 7.64. The Labute approximate surface area is 154 Å². The van der Waals surface area contributed by atoms with Crippen LogP contribution in [0.25, 0.3) is 0 Å². The summed E-state index contributed by atoms with van der Waals surface area (Å²) in [6.07, 6.45) is 0.829. The van der Waals surface area contributed by atoms with Gasteiger partial charge in [-0.3, -0.25) is 4.79 Å². The van der Waals surface area contributed by atoms with E-state index in [9.17, 15) is 4.79 Å². The number of fused-ring (bicyclic) bond motifs is 1. The molecule has 1 aromatic heterocycles. The van der Waals surface area contributed by atoms with Crippen molar-refractivity contribution in [3.8, 4) is 11.5 Å². The van der Waals surface area contributed by atoms with Crippen molar-refractivity contribution in [1.29, 1.82) is 0 Å². The number of para-hydroxylation sites is 1. The quantitative estimate of drug-likeness (QED) is 0.906. The van der Waals surface area contributed by atoms with Crippen LogP contribution in [0.1, 0.15) is 45.9 Å².